The molecule has 0 aromatic carbocycles. The van der Waals surface area contributed by atoms with Crippen LogP contribution in [-0.2, 0) is 0 Å². The van der Waals surface area contributed by atoms with Gasteiger partial charge in [-0.1, -0.05) is 18.5 Å². The summed E-state index contributed by atoms with van der Waals surface area (Å²) in [5.41, 5.74) is 2.87. The third-order valence-corrected chi connectivity index (χ3v) is 3.31. The third-order valence-electron chi connectivity index (χ3n) is 2.94. The highest BCUT2D eigenvalue weighted by Gasteiger charge is 2.23. The lowest BCUT2D eigenvalue weighted by Crippen LogP contribution is -2.47. The fraction of sp³-hybridized carbons (Fsp3) is 0.818. The first kappa shape index (κ1) is 12.0. The van der Waals surface area contributed by atoms with Crippen molar-refractivity contribution in [1.82, 2.24) is 10.2 Å². The second-order valence-corrected chi connectivity index (χ2v) is 4.69. The lowest BCUT2D eigenvalue weighted by molar-refractivity contribution is 0.177. The van der Waals surface area contributed by atoms with Gasteiger partial charge in [0.25, 0.3) is 0 Å². The van der Waals surface area contributed by atoms with E-state index in [0.29, 0.717) is 6.04 Å². The van der Waals surface area contributed by atoms with Gasteiger partial charge < -0.3 is 10.2 Å². The monoisotopic (exact) mass is 216 g/mol. The zero-order chi connectivity index (χ0) is 10.6. The van der Waals surface area contributed by atoms with Crippen LogP contribution in [0.25, 0.3) is 0 Å². The Morgan fingerprint density at radius 3 is 2.93 bits per heavy atom. The van der Waals surface area contributed by atoms with E-state index in [4.69, 9.17) is 11.6 Å². The Kier molecular flexibility index (Phi) is 4.93. The van der Waals surface area contributed by atoms with Crippen molar-refractivity contribution in [3.8, 4) is 0 Å². The molecule has 0 saturated carbocycles. The maximum atomic E-state index is 5.62. The van der Waals surface area contributed by atoms with Crippen molar-refractivity contribution in [2.75, 3.05) is 26.7 Å². The van der Waals surface area contributed by atoms with Crippen LogP contribution >= 0.6 is 11.6 Å². The Labute approximate surface area is 92.3 Å². The van der Waals surface area contributed by atoms with E-state index in [9.17, 15) is 0 Å². The average Bonchev–Trinajstić information content (AvgIpc) is 2.16. The van der Waals surface area contributed by atoms with Gasteiger partial charge in [0.05, 0.1) is 0 Å². The standard InChI is InChI=1S/C11H21ClN2/c1-9(6-12)7-13-11-4-5-14(3)8-10(11)2/h6,10-11,13H,4-5,7-8H2,1-3H3. The normalized spacial score (nSPS) is 30.7. The predicted octanol–water partition coefficient (Wildman–Crippen LogP) is 2.06. The van der Waals surface area contributed by atoms with E-state index in [-0.39, 0.29) is 0 Å². The highest BCUT2D eigenvalue weighted by molar-refractivity contribution is 6.25. The maximum absolute atomic E-state index is 5.62. The predicted molar refractivity (Wildman–Crippen MR) is 62.7 cm³/mol. The van der Waals surface area contributed by atoms with Crippen LogP contribution in [0.3, 0.4) is 0 Å². The average molecular weight is 217 g/mol. The number of hydrogen-bond donors (Lipinski definition) is 1. The first-order valence-corrected chi connectivity index (χ1v) is 5.75. The molecule has 0 aromatic heterocycles. The van der Waals surface area contributed by atoms with E-state index in [1.165, 1.54) is 25.1 Å². The fourth-order valence-corrected chi connectivity index (χ4v) is 2.07. The molecule has 0 amide bonds. The molecular formula is C11H21ClN2. The Balaban J connectivity index is 2.31. The largest absolute Gasteiger partial charge is 0.310 e. The van der Waals surface area contributed by atoms with Crippen LogP contribution in [0, 0.1) is 5.92 Å². The quantitative estimate of drug-likeness (QED) is 0.777. The Bertz CT molecular complexity index is 203. The summed E-state index contributed by atoms with van der Waals surface area (Å²) in [4.78, 5) is 2.40. The first-order chi connectivity index (χ1) is 6.63. The van der Waals surface area contributed by atoms with Crippen LogP contribution in [-0.4, -0.2) is 37.6 Å². The summed E-state index contributed by atoms with van der Waals surface area (Å²) in [5.74, 6) is 0.733. The Hall–Kier alpha value is -0.0500. The van der Waals surface area contributed by atoms with Crippen molar-refractivity contribution in [2.24, 2.45) is 5.92 Å². The SMILES string of the molecule is CC(=CCl)CNC1CCN(C)CC1C. The summed E-state index contributed by atoms with van der Waals surface area (Å²) < 4.78 is 0. The molecule has 1 rings (SSSR count). The molecule has 0 aromatic rings. The lowest BCUT2D eigenvalue weighted by atomic mass is 9.94. The molecule has 0 radical (unpaired) electrons. The summed E-state index contributed by atoms with van der Waals surface area (Å²) in [5, 5.41) is 3.56. The zero-order valence-electron chi connectivity index (χ0n) is 9.39. The zero-order valence-corrected chi connectivity index (χ0v) is 10.1. The number of likely N-dealkylation sites (tertiary alicyclic amines) is 1. The second-order valence-electron chi connectivity index (χ2n) is 4.47. The number of halogens is 1. The molecule has 2 unspecified atom stereocenters. The van der Waals surface area contributed by atoms with E-state index in [1.54, 1.807) is 5.54 Å². The number of nitrogens with one attached hydrogen (secondary N) is 1. The van der Waals surface area contributed by atoms with E-state index in [1.807, 2.05) is 0 Å². The van der Waals surface area contributed by atoms with Crippen molar-refractivity contribution in [2.45, 2.75) is 26.3 Å². The van der Waals surface area contributed by atoms with Crippen LogP contribution in [0.15, 0.2) is 11.1 Å². The van der Waals surface area contributed by atoms with Crippen molar-refractivity contribution in [3.63, 3.8) is 0 Å². The van der Waals surface area contributed by atoms with Gasteiger partial charge in [-0.15, -0.1) is 0 Å². The van der Waals surface area contributed by atoms with Gasteiger partial charge in [-0.25, -0.2) is 0 Å². The van der Waals surface area contributed by atoms with Crippen molar-refractivity contribution < 1.29 is 0 Å². The van der Waals surface area contributed by atoms with E-state index >= 15 is 0 Å². The molecule has 1 saturated heterocycles. The molecule has 1 N–H and O–H groups in total. The molecule has 2 atom stereocenters. The van der Waals surface area contributed by atoms with Crippen molar-refractivity contribution >= 4 is 11.6 Å². The number of hydrogen-bond acceptors (Lipinski definition) is 2. The van der Waals surface area contributed by atoms with Crippen LogP contribution in [0.4, 0.5) is 0 Å². The Morgan fingerprint density at radius 1 is 1.64 bits per heavy atom. The Morgan fingerprint density at radius 2 is 2.36 bits per heavy atom. The van der Waals surface area contributed by atoms with Gasteiger partial charge in [0.1, 0.15) is 0 Å². The fourth-order valence-electron chi connectivity index (χ4n) is 1.99. The van der Waals surface area contributed by atoms with E-state index in [0.717, 1.165) is 12.5 Å². The summed E-state index contributed by atoms with van der Waals surface area (Å²) >= 11 is 5.62. The van der Waals surface area contributed by atoms with Crippen molar-refractivity contribution in [3.05, 3.63) is 11.1 Å². The lowest BCUT2D eigenvalue weighted by Gasteiger charge is -2.35. The minimum atomic E-state index is 0.651. The van der Waals surface area contributed by atoms with Gasteiger partial charge >= 0.3 is 0 Å². The number of rotatable bonds is 3. The van der Waals surface area contributed by atoms with Crippen LogP contribution in [0.5, 0.6) is 0 Å². The van der Waals surface area contributed by atoms with Crippen LogP contribution in [0.2, 0.25) is 0 Å². The summed E-state index contributed by atoms with van der Waals surface area (Å²) in [6.45, 7) is 7.68. The molecule has 1 aliphatic rings. The summed E-state index contributed by atoms with van der Waals surface area (Å²) in [7, 11) is 2.19. The number of nitrogens with zero attached hydrogens (tertiary/aromatic N) is 1. The van der Waals surface area contributed by atoms with Crippen molar-refractivity contribution in [1.29, 1.82) is 0 Å². The van der Waals surface area contributed by atoms with Gasteiger partial charge in [0, 0.05) is 24.7 Å². The molecule has 3 heteroatoms. The van der Waals surface area contributed by atoms with Gasteiger partial charge in [-0.3, -0.25) is 0 Å². The first-order valence-electron chi connectivity index (χ1n) is 5.31. The molecule has 1 aliphatic heterocycles. The summed E-state index contributed by atoms with van der Waals surface area (Å²) in [6, 6.07) is 0.651. The molecule has 1 heterocycles. The molecule has 1 fully saturated rings. The molecule has 0 spiro atoms. The third kappa shape index (κ3) is 3.60. The van der Waals surface area contributed by atoms with E-state index in [2.05, 4.69) is 31.1 Å². The van der Waals surface area contributed by atoms with Gasteiger partial charge in [-0.2, -0.15) is 0 Å². The maximum Gasteiger partial charge on any atom is 0.0176 e. The molecular weight excluding hydrogens is 196 g/mol. The molecule has 0 aliphatic carbocycles. The number of piperidine rings is 1. The minimum Gasteiger partial charge on any atom is -0.310 e. The van der Waals surface area contributed by atoms with Gasteiger partial charge in [0.15, 0.2) is 0 Å². The molecule has 14 heavy (non-hydrogen) atoms. The molecule has 2 nitrogen and oxygen atoms in total. The highest BCUT2D eigenvalue weighted by atomic mass is 35.5. The topological polar surface area (TPSA) is 15.3 Å². The van der Waals surface area contributed by atoms with Crippen LogP contribution < -0.4 is 5.32 Å². The van der Waals surface area contributed by atoms with Gasteiger partial charge in [-0.05, 0) is 38.4 Å². The molecule has 0 bridgehead atoms. The van der Waals surface area contributed by atoms with E-state index < -0.39 is 0 Å². The van der Waals surface area contributed by atoms with Gasteiger partial charge in [0.2, 0.25) is 0 Å². The smallest absolute Gasteiger partial charge is 0.0176 e. The summed E-state index contributed by atoms with van der Waals surface area (Å²) in [6.07, 6.45) is 1.24. The molecule has 82 valence electrons. The van der Waals surface area contributed by atoms with Crippen LogP contribution in [0.1, 0.15) is 20.3 Å². The highest BCUT2D eigenvalue weighted by Crippen LogP contribution is 2.15. The second kappa shape index (κ2) is 5.74. The minimum absolute atomic E-state index is 0.651.